The fourth-order valence-corrected chi connectivity index (χ4v) is 2.65. The Labute approximate surface area is 112 Å². The van der Waals surface area contributed by atoms with Gasteiger partial charge in [0.1, 0.15) is 0 Å². The zero-order valence-electron chi connectivity index (χ0n) is 10.6. The van der Waals surface area contributed by atoms with Crippen LogP contribution in [-0.2, 0) is 14.3 Å². The summed E-state index contributed by atoms with van der Waals surface area (Å²) >= 11 is 0. The first-order valence-electron chi connectivity index (χ1n) is 5.98. The molecule has 1 aliphatic rings. The van der Waals surface area contributed by atoms with E-state index >= 15 is 0 Å². The van der Waals surface area contributed by atoms with Crippen LogP contribution in [0.2, 0.25) is 0 Å². The molecule has 1 fully saturated rings. The second kappa shape index (κ2) is 5.58. The third kappa shape index (κ3) is 3.45. The number of benzene rings is 1. The Morgan fingerprint density at radius 2 is 2.00 bits per heavy atom. The molecule has 1 aromatic rings. The molecule has 2 amide bonds. The van der Waals surface area contributed by atoms with Crippen LogP contribution in [0.4, 0.5) is 4.79 Å². The van der Waals surface area contributed by atoms with Crippen molar-refractivity contribution in [1.82, 2.24) is 10.2 Å². The number of nitrogens with one attached hydrogen (secondary N) is 1. The van der Waals surface area contributed by atoms with Gasteiger partial charge in [-0.2, -0.15) is 8.42 Å². The SMILES string of the molecule is Cc1ccc(S(=O)(=O)OCCN2CCNC2=O)cc1. The van der Waals surface area contributed by atoms with Crippen LogP contribution in [0.25, 0.3) is 0 Å². The summed E-state index contributed by atoms with van der Waals surface area (Å²) in [5, 5.41) is 2.64. The molecule has 0 aliphatic carbocycles. The lowest BCUT2D eigenvalue weighted by Crippen LogP contribution is -2.31. The molecule has 1 N–H and O–H groups in total. The predicted molar refractivity (Wildman–Crippen MR) is 69.3 cm³/mol. The molecule has 1 aliphatic heterocycles. The van der Waals surface area contributed by atoms with Crippen LogP contribution >= 0.6 is 0 Å². The molecule has 0 spiro atoms. The first-order valence-corrected chi connectivity index (χ1v) is 7.39. The van der Waals surface area contributed by atoms with Gasteiger partial charge in [-0.05, 0) is 19.1 Å². The molecule has 7 heteroatoms. The Hall–Kier alpha value is -1.60. The first kappa shape index (κ1) is 13.8. The molecule has 6 nitrogen and oxygen atoms in total. The highest BCUT2D eigenvalue weighted by molar-refractivity contribution is 7.86. The number of hydrogen-bond acceptors (Lipinski definition) is 4. The molecule has 19 heavy (non-hydrogen) atoms. The Balaban J connectivity index is 1.91. The van der Waals surface area contributed by atoms with Gasteiger partial charge in [-0.1, -0.05) is 17.7 Å². The number of aryl methyl sites for hydroxylation is 1. The molecule has 0 bridgehead atoms. The molecule has 0 atom stereocenters. The van der Waals surface area contributed by atoms with E-state index in [0.717, 1.165) is 5.56 Å². The molecule has 1 saturated heterocycles. The lowest BCUT2D eigenvalue weighted by molar-refractivity contribution is 0.203. The number of nitrogens with zero attached hydrogens (tertiary/aromatic N) is 1. The van der Waals surface area contributed by atoms with Gasteiger partial charge in [0.25, 0.3) is 10.1 Å². The smallest absolute Gasteiger partial charge is 0.317 e. The fourth-order valence-electron chi connectivity index (χ4n) is 1.75. The normalized spacial score (nSPS) is 15.6. The summed E-state index contributed by atoms with van der Waals surface area (Å²) in [4.78, 5) is 12.9. The van der Waals surface area contributed by atoms with Crippen LogP contribution in [0, 0.1) is 6.92 Å². The fraction of sp³-hybridized carbons (Fsp3) is 0.417. The molecular weight excluding hydrogens is 268 g/mol. The molecule has 0 unspecified atom stereocenters. The molecule has 1 aromatic carbocycles. The highest BCUT2D eigenvalue weighted by Crippen LogP contribution is 2.13. The van der Waals surface area contributed by atoms with Gasteiger partial charge >= 0.3 is 6.03 Å². The van der Waals surface area contributed by atoms with Crippen LogP contribution in [0.15, 0.2) is 29.2 Å². The molecule has 0 aromatic heterocycles. The first-order chi connectivity index (χ1) is 8.99. The van der Waals surface area contributed by atoms with E-state index < -0.39 is 10.1 Å². The Bertz CT molecular complexity index is 554. The minimum atomic E-state index is -3.74. The Kier molecular flexibility index (Phi) is 4.06. The molecule has 104 valence electrons. The van der Waals surface area contributed by atoms with Crippen molar-refractivity contribution in [3.05, 3.63) is 29.8 Å². The monoisotopic (exact) mass is 284 g/mol. The number of urea groups is 1. The molecule has 0 saturated carbocycles. The largest absolute Gasteiger partial charge is 0.336 e. The van der Waals surface area contributed by atoms with E-state index in [0.29, 0.717) is 13.1 Å². The van der Waals surface area contributed by atoms with Crippen molar-refractivity contribution in [2.45, 2.75) is 11.8 Å². The van der Waals surface area contributed by atoms with Gasteiger partial charge in [0, 0.05) is 19.6 Å². The summed E-state index contributed by atoms with van der Waals surface area (Å²) in [6, 6.07) is 6.26. The maximum atomic E-state index is 11.9. The molecule has 2 rings (SSSR count). The Morgan fingerprint density at radius 1 is 1.32 bits per heavy atom. The number of amides is 2. The van der Waals surface area contributed by atoms with E-state index in [1.807, 2.05) is 6.92 Å². The number of carbonyl (C=O) groups is 1. The molecule has 0 radical (unpaired) electrons. The van der Waals surface area contributed by atoms with Gasteiger partial charge in [-0.25, -0.2) is 4.79 Å². The average molecular weight is 284 g/mol. The van der Waals surface area contributed by atoms with Crippen molar-refractivity contribution in [2.24, 2.45) is 0 Å². The van der Waals surface area contributed by atoms with Crippen LogP contribution < -0.4 is 5.32 Å². The second-order valence-electron chi connectivity index (χ2n) is 4.31. The minimum Gasteiger partial charge on any atom is -0.336 e. The van der Waals surface area contributed by atoms with E-state index in [-0.39, 0.29) is 24.1 Å². The number of rotatable bonds is 5. The molecule has 1 heterocycles. The minimum absolute atomic E-state index is 0.0381. The highest BCUT2D eigenvalue weighted by Gasteiger charge is 2.20. The van der Waals surface area contributed by atoms with Gasteiger partial charge in [0.2, 0.25) is 0 Å². The average Bonchev–Trinajstić information content (AvgIpc) is 2.75. The second-order valence-corrected chi connectivity index (χ2v) is 5.92. The summed E-state index contributed by atoms with van der Waals surface area (Å²) in [7, 11) is -3.74. The number of hydrogen-bond donors (Lipinski definition) is 1. The molecular formula is C12H16N2O4S. The van der Waals surface area contributed by atoms with Gasteiger partial charge in [0.15, 0.2) is 0 Å². The van der Waals surface area contributed by atoms with E-state index in [9.17, 15) is 13.2 Å². The van der Waals surface area contributed by atoms with Gasteiger partial charge in [-0.3, -0.25) is 4.18 Å². The number of carbonyl (C=O) groups excluding carboxylic acids is 1. The predicted octanol–water partition coefficient (Wildman–Crippen LogP) is 0.726. The van der Waals surface area contributed by atoms with Crippen molar-refractivity contribution < 1.29 is 17.4 Å². The van der Waals surface area contributed by atoms with Crippen molar-refractivity contribution >= 4 is 16.1 Å². The van der Waals surface area contributed by atoms with Crippen LogP contribution in [0.5, 0.6) is 0 Å². The lowest BCUT2D eigenvalue weighted by Gasteiger charge is -2.13. The van der Waals surface area contributed by atoms with Gasteiger partial charge in [0.05, 0.1) is 11.5 Å². The van der Waals surface area contributed by atoms with Crippen molar-refractivity contribution in [1.29, 1.82) is 0 Å². The maximum Gasteiger partial charge on any atom is 0.317 e. The summed E-state index contributed by atoms with van der Waals surface area (Å²) in [5.41, 5.74) is 0.979. The van der Waals surface area contributed by atoms with Crippen molar-refractivity contribution in [3.8, 4) is 0 Å². The maximum absolute atomic E-state index is 11.9. The van der Waals surface area contributed by atoms with Crippen LogP contribution in [0.1, 0.15) is 5.56 Å². The van der Waals surface area contributed by atoms with Crippen LogP contribution in [-0.4, -0.2) is 45.6 Å². The van der Waals surface area contributed by atoms with E-state index in [4.69, 9.17) is 4.18 Å². The van der Waals surface area contributed by atoms with Crippen molar-refractivity contribution in [2.75, 3.05) is 26.2 Å². The standard InChI is InChI=1S/C12H16N2O4S/c1-10-2-4-11(5-3-10)19(16,17)18-9-8-14-7-6-13-12(14)15/h2-5H,6-9H2,1H3,(H,13,15). The Morgan fingerprint density at radius 3 is 2.58 bits per heavy atom. The van der Waals surface area contributed by atoms with Crippen molar-refractivity contribution in [3.63, 3.8) is 0 Å². The van der Waals surface area contributed by atoms with E-state index in [2.05, 4.69) is 5.32 Å². The van der Waals surface area contributed by atoms with Gasteiger partial charge in [-0.15, -0.1) is 0 Å². The van der Waals surface area contributed by atoms with E-state index in [1.54, 1.807) is 12.1 Å². The summed E-state index contributed by atoms with van der Waals surface area (Å²) in [6.07, 6.45) is 0. The third-order valence-corrected chi connectivity index (χ3v) is 4.18. The van der Waals surface area contributed by atoms with E-state index in [1.165, 1.54) is 17.0 Å². The van der Waals surface area contributed by atoms with Crippen LogP contribution in [0.3, 0.4) is 0 Å². The quantitative estimate of drug-likeness (QED) is 0.809. The zero-order chi connectivity index (χ0) is 13.9. The zero-order valence-corrected chi connectivity index (χ0v) is 11.4. The summed E-state index contributed by atoms with van der Waals surface area (Å²) in [6.45, 7) is 3.26. The lowest BCUT2D eigenvalue weighted by atomic mass is 10.2. The third-order valence-electron chi connectivity index (χ3n) is 2.85. The van der Waals surface area contributed by atoms with Gasteiger partial charge < -0.3 is 10.2 Å². The topological polar surface area (TPSA) is 75.7 Å². The highest BCUT2D eigenvalue weighted by atomic mass is 32.2. The summed E-state index contributed by atoms with van der Waals surface area (Å²) in [5.74, 6) is 0. The summed E-state index contributed by atoms with van der Waals surface area (Å²) < 4.78 is 28.6.